The molecule has 0 radical (unpaired) electrons. The number of para-hydroxylation sites is 2. The van der Waals surface area contributed by atoms with Crippen molar-refractivity contribution in [2.45, 2.75) is 46.2 Å². The first-order valence-corrected chi connectivity index (χ1v) is 10.1. The average molecular weight is 393 g/mol. The van der Waals surface area contributed by atoms with Crippen molar-refractivity contribution in [3.63, 3.8) is 0 Å². The van der Waals surface area contributed by atoms with E-state index in [0.717, 1.165) is 29.6 Å². The van der Waals surface area contributed by atoms with Crippen molar-refractivity contribution in [3.8, 4) is 0 Å². The normalized spacial score (nSPS) is 12.1. The van der Waals surface area contributed by atoms with E-state index in [1.54, 1.807) is 0 Å². The number of benzene rings is 2. The van der Waals surface area contributed by atoms with Gasteiger partial charge in [0.1, 0.15) is 6.04 Å². The predicted molar refractivity (Wildman–Crippen MR) is 116 cm³/mol. The lowest BCUT2D eigenvalue weighted by Crippen LogP contribution is -2.47. The first-order chi connectivity index (χ1) is 14.0. The number of aromatic nitrogens is 2. The first kappa shape index (κ1) is 20.6. The minimum atomic E-state index is -0.638. The fourth-order valence-corrected chi connectivity index (χ4v) is 3.35. The number of rotatable bonds is 8. The Morgan fingerprint density at radius 1 is 1.03 bits per heavy atom. The van der Waals surface area contributed by atoms with Crippen LogP contribution in [0.25, 0.3) is 11.0 Å². The van der Waals surface area contributed by atoms with Gasteiger partial charge in [-0.1, -0.05) is 63.2 Å². The van der Waals surface area contributed by atoms with E-state index in [2.05, 4.69) is 22.5 Å². The Balaban J connectivity index is 1.75. The van der Waals surface area contributed by atoms with Crippen LogP contribution < -0.4 is 10.6 Å². The Hall–Kier alpha value is -3.15. The fraction of sp³-hybridized carbons (Fsp3) is 0.348. The minimum absolute atomic E-state index is 0.0567. The molecule has 1 aromatic heterocycles. The van der Waals surface area contributed by atoms with Crippen LogP contribution in [0.15, 0.2) is 54.6 Å². The number of hydrogen-bond acceptors (Lipinski definition) is 3. The number of anilines is 1. The van der Waals surface area contributed by atoms with E-state index >= 15 is 0 Å². The highest BCUT2D eigenvalue weighted by molar-refractivity contribution is 5.97. The molecular formula is C23H28N4O2. The lowest BCUT2D eigenvalue weighted by molar-refractivity contribution is -0.127. The van der Waals surface area contributed by atoms with Crippen LogP contribution in [0.2, 0.25) is 0 Å². The molecule has 0 aliphatic heterocycles. The van der Waals surface area contributed by atoms with Crippen LogP contribution in [0.1, 0.15) is 32.8 Å². The van der Waals surface area contributed by atoms with Crippen molar-refractivity contribution >= 4 is 28.8 Å². The highest BCUT2D eigenvalue weighted by atomic mass is 16.2. The molecule has 6 nitrogen and oxygen atoms in total. The van der Waals surface area contributed by atoms with Gasteiger partial charge in [0, 0.05) is 6.54 Å². The van der Waals surface area contributed by atoms with Gasteiger partial charge in [0.05, 0.1) is 17.5 Å². The van der Waals surface area contributed by atoms with E-state index in [4.69, 9.17) is 0 Å². The lowest BCUT2D eigenvalue weighted by atomic mass is 10.0. The maximum atomic E-state index is 13.0. The van der Waals surface area contributed by atoms with Gasteiger partial charge in [-0.05, 0) is 30.0 Å². The van der Waals surface area contributed by atoms with Crippen molar-refractivity contribution in [1.29, 1.82) is 0 Å². The smallest absolute Gasteiger partial charge is 0.249 e. The molecule has 1 heterocycles. The molecule has 3 rings (SSSR count). The Kier molecular flexibility index (Phi) is 6.65. The summed E-state index contributed by atoms with van der Waals surface area (Å²) in [4.78, 5) is 30.1. The molecule has 0 aliphatic rings. The minimum Gasteiger partial charge on any atom is -0.344 e. The summed E-state index contributed by atoms with van der Waals surface area (Å²) < 4.78 is 2.01. The van der Waals surface area contributed by atoms with Crippen LogP contribution in [0, 0.1) is 5.92 Å². The van der Waals surface area contributed by atoms with Crippen LogP contribution in [0.4, 0.5) is 5.95 Å². The van der Waals surface area contributed by atoms with Gasteiger partial charge in [0.15, 0.2) is 0 Å². The second-order valence-electron chi connectivity index (χ2n) is 7.52. The molecule has 0 bridgehead atoms. The number of carbonyl (C=O) groups excluding carboxylic acids is 2. The summed E-state index contributed by atoms with van der Waals surface area (Å²) in [5.41, 5.74) is 2.74. The highest BCUT2D eigenvalue weighted by Gasteiger charge is 2.26. The van der Waals surface area contributed by atoms with Gasteiger partial charge >= 0.3 is 0 Å². The molecule has 0 saturated carbocycles. The van der Waals surface area contributed by atoms with Crippen LogP contribution >= 0.6 is 0 Å². The Morgan fingerprint density at radius 3 is 2.41 bits per heavy atom. The average Bonchev–Trinajstić information content (AvgIpc) is 3.04. The largest absolute Gasteiger partial charge is 0.344 e. The molecule has 1 atom stereocenters. The first-order valence-electron chi connectivity index (χ1n) is 10.1. The van der Waals surface area contributed by atoms with Crippen LogP contribution in [-0.4, -0.2) is 27.4 Å². The fourth-order valence-electron chi connectivity index (χ4n) is 3.35. The highest BCUT2D eigenvalue weighted by Crippen LogP contribution is 2.20. The summed E-state index contributed by atoms with van der Waals surface area (Å²) in [6.07, 6.45) is 1.16. The van der Waals surface area contributed by atoms with E-state index in [-0.39, 0.29) is 24.2 Å². The zero-order chi connectivity index (χ0) is 20.8. The molecule has 0 aliphatic carbocycles. The molecule has 3 aromatic rings. The van der Waals surface area contributed by atoms with Crippen molar-refractivity contribution in [1.82, 2.24) is 14.9 Å². The second-order valence-corrected chi connectivity index (χ2v) is 7.52. The monoisotopic (exact) mass is 392 g/mol. The topological polar surface area (TPSA) is 76.0 Å². The molecule has 2 amide bonds. The molecule has 2 aromatic carbocycles. The standard InChI is InChI=1S/C23H28N4O2/c1-4-14-27-19-13-9-8-12-18(19)24-23(27)26-22(29)21(16(2)3)25-20(28)15-17-10-6-5-7-11-17/h5-13,16,21H,4,14-15H2,1-3H3,(H,25,28)(H,24,26,29)/t21-/m0/s1. The summed E-state index contributed by atoms with van der Waals surface area (Å²) in [7, 11) is 0. The number of aryl methyl sites for hydroxylation is 1. The number of carbonyl (C=O) groups is 2. The number of fused-ring (bicyclic) bond motifs is 1. The maximum Gasteiger partial charge on any atom is 0.249 e. The number of nitrogens with zero attached hydrogens (tertiary/aromatic N) is 2. The maximum absolute atomic E-state index is 13.0. The van der Waals surface area contributed by atoms with Gasteiger partial charge in [0.25, 0.3) is 0 Å². The summed E-state index contributed by atoms with van der Waals surface area (Å²) in [6, 6.07) is 16.7. The summed E-state index contributed by atoms with van der Waals surface area (Å²) in [6.45, 7) is 6.67. The third-order valence-electron chi connectivity index (χ3n) is 4.81. The Labute approximate surface area is 171 Å². The van der Waals surface area contributed by atoms with Gasteiger partial charge in [0.2, 0.25) is 17.8 Å². The van der Waals surface area contributed by atoms with Gasteiger partial charge < -0.3 is 9.88 Å². The molecule has 0 spiro atoms. The van der Waals surface area contributed by atoms with Crippen molar-refractivity contribution in [3.05, 3.63) is 60.2 Å². The Morgan fingerprint density at radius 2 is 1.72 bits per heavy atom. The number of hydrogen-bond donors (Lipinski definition) is 2. The van der Waals surface area contributed by atoms with Crippen LogP contribution in [0.5, 0.6) is 0 Å². The molecule has 29 heavy (non-hydrogen) atoms. The van der Waals surface area contributed by atoms with E-state index < -0.39 is 6.04 Å². The molecule has 2 N–H and O–H groups in total. The molecule has 0 unspecified atom stereocenters. The third kappa shape index (κ3) is 5.02. The SMILES string of the molecule is CCCn1c(NC(=O)[C@@H](NC(=O)Cc2ccccc2)C(C)C)nc2ccccc21. The van der Waals surface area contributed by atoms with E-state index in [1.165, 1.54) is 0 Å². The van der Waals surface area contributed by atoms with Crippen LogP contribution in [-0.2, 0) is 22.6 Å². The third-order valence-corrected chi connectivity index (χ3v) is 4.81. The van der Waals surface area contributed by atoms with Gasteiger partial charge in [-0.3, -0.25) is 14.9 Å². The van der Waals surface area contributed by atoms with Crippen LogP contribution in [0.3, 0.4) is 0 Å². The number of nitrogens with one attached hydrogen (secondary N) is 2. The summed E-state index contributed by atoms with van der Waals surface area (Å²) in [5.74, 6) is 0.0286. The molecule has 0 fully saturated rings. The molecule has 0 saturated heterocycles. The predicted octanol–water partition coefficient (Wildman–Crippen LogP) is 3.77. The van der Waals surface area contributed by atoms with E-state index in [0.29, 0.717) is 5.95 Å². The van der Waals surface area contributed by atoms with Gasteiger partial charge in [-0.25, -0.2) is 4.98 Å². The van der Waals surface area contributed by atoms with E-state index in [1.807, 2.05) is 73.0 Å². The number of amides is 2. The summed E-state index contributed by atoms with van der Waals surface area (Å²) >= 11 is 0. The van der Waals surface area contributed by atoms with Crippen molar-refractivity contribution in [2.24, 2.45) is 5.92 Å². The Bertz CT molecular complexity index is 979. The van der Waals surface area contributed by atoms with Crippen molar-refractivity contribution < 1.29 is 9.59 Å². The molecule has 152 valence electrons. The molecule has 6 heteroatoms. The zero-order valence-electron chi connectivity index (χ0n) is 17.2. The van der Waals surface area contributed by atoms with Crippen molar-refractivity contribution in [2.75, 3.05) is 5.32 Å². The lowest BCUT2D eigenvalue weighted by Gasteiger charge is -2.22. The zero-order valence-corrected chi connectivity index (χ0v) is 17.2. The number of imidazole rings is 1. The molecular weight excluding hydrogens is 364 g/mol. The second kappa shape index (κ2) is 9.37. The van der Waals surface area contributed by atoms with Gasteiger partial charge in [-0.15, -0.1) is 0 Å². The quantitative estimate of drug-likeness (QED) is 0.613. The summed E-state index contributed by atoms with van der Waals surface area (Å²) in [5, 5.41) is 5.82. The van der Waals surface area contributed by atoms with Gasteiger partial charge in [-0.2, -0.15) is 0 Å². The van der Waals surface area contributed by atoms with E-state index in [9.17, 15) is 9.59 Å².